The van der Waals surface area contributed by atoms with Gasteiger partial charge in [0.2, 0.25) is 0 Å². The van der Waals surface area contributed by atoms with Gasteiger partial charge in [0.05, 0.1) is 13.2 Å². The highest BCUT2D eigenvalue weighted by Crippen LogP contribution is 2.22. The van der Waals surface area contributed by atoms with Crippen LogP contribution >= 0.6 is 15.9 Å². The van der Waals surface area contributed by atoms with Crippen LogP contribution in [0.4, 0.5) is 4.39 Å². The molecule has 1 aromatic carbocycles. The Morgan fingerprint density at radius 1 is 1.25 bits per heavy atom. The van der Waals surface area contributed by atoms with Gasteiger partial charge in [0.15, 0.2) is 0 Å². The number of aliphatic hydroxyl groups excluding tert-OH is 2. The second-order valence-corrected chi connectivity index (χ2v) is 3.21. The topological polar surface area (TPSA) is 40.5 Å². The van der Waals surface area contributed by atoms with Crippen LogP contribution in [0.3, 0.4) is 0 Å². The molecule has 0 unspecified atom stereocenters. The lowest BCUT2D eigenvalue weighted by Crippen LogP contribution is -1.94. The maximum Gasteiger partial charge on any atom is 0.130 e. The number of rotatable bonds is 2. The van der Waals surface area contributed by atoms with Crippen molar-refractivity contribution in [2.24, 2.45) is 0 Å². The maximum atomic E-state index is 13.0. The van der Waals surface area contributed by atoms with Crippen LogP contribution < -0.4 is 0 Å². The van der Waals surface area contributed by atoms with Crippen molar-refractivity contribution < 1.29 is 14.6 Å². The minimum atomic E-state index is -0.504. The summed E-state index contributed by atoms with van der Waals surface area (Å²) in [6.07, 6.45) is 0. The fourth-order valence-corrected chi connectivity index (χ4v) is 1.51. The molecular weight excluding hydrogens is 227 g/mol. The van der Waals surface area contributed by atoms with E-state index in [4.69, 9.17) is 10.2 Å². The Kier molecular flexibility index (Phi) is 3.20. The van der Waals surface area contributed by atoms with Gasteiger partial charge < -0.3 is 10.2 Å². The van der Waals surface area contributed by atoms with Crippen LogP contribution in [0, 0.1) is 5.82 Å². The third kappa shape index (κ3) is 1.83. The van der Waals surface area contributed by atoms with E-state index in [0.717, 1.165) is 0 Å². The van der Waals surface area contributed by atoms with Gasteiger partial charge in [-0.05, 0) is 17.7 Å². The fourth-order valence-electron chi connectivity index (χ4n) is 0.898. The lowest BCUT2D eigenvalue weighted by Gasteiger charge is -2.04. The van der Waals surface area contributed by atoms with Gasteiger partial charge in [-0.1, -0.05) is 15.9 Å². The summed E-state index contributed by atoms with van der Waals surface area (Å²) in [5.41, 5.74) is 0.698. The largest absolute Gasteiger partial charge is 0.392 e. The van der Waals surface area contributed by atoms with Crippen molar-refractivity contribution in [2.75, 3.05) is 0 Å². The van der Waals surface area contributed by atoms with Crippen molar-refractivity contribution in [1.82, 2.24) is 0 Å². The number of hydrogen-bond donors (Lipinski definition) is 2. The van der Waals surface area contributed by atoms with Crippen LogP contribution in [-0.2, 0) is 13.2 Å². The van der Waals surface area contributed by atoms with Crippen molar-refractivity contribution in [1.29, 1.82) is 0 Å². The van der Waals surface area contributed by atoms with E-state index < -0.39 is 5.82 Å². The Bertz CT molecular complexity index is 265. The molecule has 4 heteroatoms. The first-order valence-corrected chi connectivity index (χ1v) is 4.17. The van der Waals surface area contributed by atoms with Crippen molar-refractivity contribution >= 4 is 15.9 Å². The SMILES string of the molecule is OCc1cc(F)c(CO)c(Br)c1. The molecule has 0 aromatic heterocycles. The monoisotopic (exact) mass is 234 g/mol. The van der Waals surface area contributed by atoms with Gasteiger partial charge in [0.1, 0.15) is 5.82 Å². The zero-order chi connectivity index (χ0) is 9.14. The molecule has 0 aliphatic rings. The predicted molar refractivity (Wildman–Crippen MR) is 45.9 cm³/mol. The molecule has 0 bridgehead atoms. The zero-order valence-electron chi connectivity index (χ0n) is 6.22. The van der Waals surface area contributed by atoms with Gasteiger partial charge in [0.25, 0.3) is 0 Å². The zero-order valence-corrected chi connectivity index (χ0v) is 7.81. The number of benzene rings is 1. The molecule has 12 heavy (non-hydrogen) atoms. The molecule has 0 spiro atoms. The molecule has 66 valence electrons. The number of hydrogen-bond acceptors (Lipinski definition) is 2. The third-order valence-corrected chi connectivity index (χ3v) is 2.25. The molecule has 0 aliphatic heterocycles. The van der Waals surface area contributed by atoms with Crippen LogP contribution in [0.2, 0.25) is 0 Å². The summed E-state index contributed by atoms with van der Waals surface area (Å²) in [7, 11) is 0. The first kappa shape index (κ1) is 9.64. The molecule has 2 nitrogen and oxygen atoms in total. The smallest absolute Gasteiger partial charge is 0.130 e. The molecule has 0 aliphatic carbocycles. The molecule has 0 amide bonds. The number of halogens is 2. The summed E-state index contributed by atoms with van der Waals surface area (Å²) in [5, 5.41) is 17.4. The molecule has 1 rings (SSSR count). The van der Waals surface area contributed by atoms with E-state index in [0.29, 0.717) is 10.0 Å². The van der Waals surface area contributed by atoms with Crippen LogP contribution in [0.15, 0.2) is 16.6 Å². The second-order valence-electron chi connectivity index (χ2n) is 2.35. The van der Waals surface area contributed by atoms with Gasteiger partial charge in [-0.15, -0.1) is 0 Å². The van der Waals surface area contributed by atoms with E-state index in [1.807, 2.05) is 0 Å². The summed E-state index contributed by atoms with van der Waals surface area (Å²) in [6.45, 7) is -0.556. The normalized spacial score (nSPS) is 10.3. The Morgan fingerprint density at radius 2 is 1.92 bits per heavy atom. The molecule has 0 radical (unpaired) electrons. The van der Waals surface area contributed by atoms with E-state index in [1.165, 1.54) is 6.07 Å². The van der Waals surface area contributed by atoms with E-state index in [2.05, 4.69) is 15.9 Å². The Hall–Kier alpha value is -0.450. The van der Waals surface area contributed by atoms with Crippen molar-refractivity contribution in [3.63, 3.8) is 0 Å². The lowest BCUT2D eigenvalue weighted by molar-refractivity contribution is 0.271. The van der Waals surface area contributed by atoms with Gasteiger partial charge in [-0.3, -0.25) is 0 Å². The molecule has 1 aromatic rings. The van der Waals surface area contributed by atoms with Crippen molar-refractivity contribution in [2.45, 2.75) is 13.2 Å². The van der Waals surface area contributed by atoms with E-state index in [-0.39, 0.29) is 18.8 Å². The van der Waals surface area contributed by atoms with Crippen LogP contribution in [0.5, 0.6) is 0 Å². The highest BCUT2D eigenvalue weighted by Gasteiger charge is 2.07. The second kappa shape index (κ2) is 3.98. The average Bonchev–Trinajstić information content (AvgIpc) is 2.03. The first-order chi connectivity index (χ1) is 5.69. The quantitative estimate of drug-likeness (QED) is 0.816. The minimum absolute atomic E-state index is 0.207. The molecule has 0 atom stereocenters. The highest BCUT2D eigenvalue weighted by atomic mass is 79.9. The minimum Gasteiger partial charge on any atom is -0.392 e. The third-order valence-electron chi connectivity index (χ3n) is 1.54. The Morgan fingerprint density at radius 3 is 2.33 bits per heavy atom. The summed E-state index contributed by atoms with van der Waals surface area (Å²) >= 11 is 3.09. The summed E-state index contributed by atoms with van der Waals surface area (Å²) in [4.78, 5) is 0. The lowest BCUT2D eigenvalue weighted by atomic mass is 10.1. The van der Waals surface area contributed by atoms with Crippen LogP contribution in [0.25, 0.3) is 0 Å². The summed E-state index contributed by atoms with van der Waals surface area (Å²) in [5.74, 6) is -0.504. The van der Waals surface area contributed by atoms with Gasteiger partial charge >= 0.3 is 0 Å². The van der Waals surface area contributed by atoms with Crippen molar-refractivity contribution in [3.8, 4) is 0 Å². The van der Waals surface area contributed by atoms with Gasteiger partial charge in [-0.25, -0.2) is 4.39 Å². The predicted octanol–water partition coefficient (Wildman–Crippen LogP) is 1.57. The number of aliphatic hydroxyl groups is 2. The van der Waals surface area contributed by atoms with Gasteiger partial charge in [0, 0.05) is 10.0 Å². The molecule has 0 saturated carbocycles. The van der Waals surface area contributed by atoms with Crippen LogP contribution in [-0.4, -0.2) is 10.2 Å². The Labute approximate surface area is 77.8 Å². The molecular formula is C8H8BrFO2. The average molecular weight is 235 g/mol. The summed E-state index contributed by atoms with van der Waals surface area (Å²) < 4.78 is 13.5. The standard InChI is InChI=1S/C8H8BrFO2/c9-7-1-5(3-11)2-8(10)6(7)4-12/h1-2,11-12H,3-4H2. The Balaban J connectivity index is 3.18. The fraction of sp³-hybridized carbons (Fsp3) is 0.250. The molecule has 0 saturated heterocycles. The summed E-state index contributed by atoms with van der Waals surface area (Å²) in [6, 6.07) is 2.78. The molecule has 2 N–H and O–H groups in total. The van der Waals surface area contributed by atoms with E-state index >= 15 is 0 Å². The van der Waals surface area contributed by atoms with Crippen molar-refractivity contribution in [3.05, 3.63) is 33.5 Å². The molecule has 0 fully saturated rings. The maximum absolute atomic E-state index is 13.0. The molecule has 0 heterocycles. The van der Waals surface area contributed by atoms with Crippen LogP contribution in [0.1, 0.15) is 11.1 Å². The highest BCUT2D eigenvalue weighted by molar-refractivity contribution is 9.10. The van der Waals surface area contributed by atoms with E-state index in [1.54, 1.807) is 6.07 Å². The van der Waals surface area contributed by atoms with E-state index in [9.17, 15) is 4.39 Å². The van der Waals surface area contributed by atoms with Gasteiger partial charge in [-0.2, -0.15) is 0 Å². The first-order valence-electron chi connectivity index (χ1n) is 3.37.